The van der Waals surface area contributed by atoms with Gasteiger partial charge in [-0.3, -0.25) is 14.4 Å². The zero-order valence-electron chi connectivity index (χ0n) is 35.2. The third-order valence-corrected chi connectivity index (χ3v) is 9.27. The molecule has 0 bridgehead atoms. The topological polar surface area (TPSA) is 78.9 Å². The van der Waals surface area contributed by atoms with Gasteiger partial charge < -0.3 is 14.2 Å². The van der Waals surface area contributed by atoms with Gasteiger partial charge in [0, 0.05) is 19.3 Å². The van der Waals surface area contributed by atoms with Crippen LogP contribution in [0.3, 0.4) is 0 Å². The molecule has 310 valence electrons. The second-order valence-electron chi connectivity index (χ2n) is 14.5. The minimum Gasteiger partial charge on any atom is -0.462 e. The van der Waals surface area contributed by atoms with Gasteiger partial charge >= 0.3 is 17.9 Å². The maximum atomic E-state index is 12.7. The van der Waals surface area contributed by atoms with E-state index in [2.05, 4.69) is 81.5 Å². The quantitative estimate of drug-likeness (QED) is 0.0269. The van der Waals surface area contributed by atoms with E-state index in [0.717, 1.165) is 103 Å². The van der Waals surface area contributed by atoms with Crippen molar-refractivity contribution in [2.24, 2.45) is 0 Å². The molecule has 6 nitrogen and oxygen atoms in total. The highest BCUT2D eigenvalue weighted by Gasteiger charge is 2.19. The highest BCUT2D eigenvalue weighted by atomic mass is 16.6. The monoisotopic (exact) mass is 755 g/mol. The molecule has 0 spiro atoms. The smallest absolute Gasteiger partial charge is 0.306 e. The van der Waals surface area contributed by atoms with Crippen LogP contribution in [-0.2, 0) is 28.6 Å². The zero-order valence-corrected chi connectivity index (χ0v) is 35.2. The van der Waals surface area contributed by atoms with Crippen LogP contribution in [0.15, 0.2) is 60.8 Å². The van der Waals surface area contributed by atoms with Crippen molar-refractivity contribution in [3.8, 4) is 0 Å². The van der Waals surface area contributed by atoms with Crippen molar-refractivity contribution in [3.05, 3.63) is 60.8 Å². The predicted molar refractivity (Wildman–Crippen MR) is 228 cm³/mol. The Morgan fingerprint density at radius 1 is 0.389 bits per heavy atom. The molecule has 0 fully saturated rings. The fraction of sp³-hybridized carbons (Fsp3) is 0.729. The number of hydrogen-bond acceptors (Lipinski definition) is 6. The average Bonchev–Trinajstić information content (AvgIpc) is 3.17. The Labute approximate surface area is 332 Å². The molecule has 54 heavy (non-hydrogen) atoms. The molecule has 0 heterocycles. The number of carbonyl (C=O) groups is 3. The summed E-state index contributed by atoms with van der Waals surface area (Å²) in [7, 11) is 0. The Kier molecular flexibility index (Phi) is 40.6. The maximum Gasteiger partial charge on any atom is 0.306 e. The lowest BCUT2D eigenvalue weighted by Gasteiger charge is -2.18. The number of rotatable bonds is 39. The van der Waals surface area contributed by atoms with Crippen LogP contribution in [0.25, 0.3) is 0 Å². The molecule has 1 unspecified atom stereocenters. The van der Waals surface area contributed by atoms with Crippen LogP contribution in [0.5, 0.6) is 0 Å². The highest BCUT2D eigenvalue weighted by Crippen LogP contribution is 2.14. The lowest BCUT2D eigenvalue weighted by atomic mass is 10.0. The summed E-state index contributed by atoms with van der Waals surface area (Å²) in [5.41, 5.74) is 0. The Morgan fingerprint density at radius 2 is 0.722 bits per heavy atom. The Bertz CT molecular complexity index is 1010. The predicted octanol–water partition coefficient (Wildman–Crippen LogP) is 14.1. The van der Waals surface area contributed by atoms with E-state index in [4.69, 9.17) is 14.2 Å². The summed E-state index contributed by atoms with van der Waals surface area (Å²) >= 11 is 0. The van der Waals surface area contributed by atoms with E-state index in [1.165, 1.54) is 64.2 Å². The van der Waals surface area contributed by atoms with Crippen LogP contribution >= 0.6 is 0 Å². The Morgan fingerprint density at radius 3 is 1.17 bits per heavy atom. The maximum absolute atomic E-state index is 12.7. The molecule has 1 atom stereocenters. The van der Waals surface area contributed by atoms with Crippen LogP contribution in [0, 0.1) is 0 Å². The Balaban J connectivity index is 4.42. The molecule has 0 amide bonds. The molecule has 0 aliphatic rings. The van der Waals surface area contributed by atoms with E-state index in [-0.39, 0.29) is 31.1 Å². The molecular formula is C48H82O6. The zero-order chi connectivity index (χ0) is 39.4. The van der Waals surface area contributed by atoms with Gasteiger partial charge in [-0.2, -0.15) is 0 Å². The van der Waals surface area contributed by atoms with E-state index in [1.807, 2.05) is 0 Å². The number of ether oxygens (including phenoxy) is 3. The van der Waals surface area contributed by atoms with E-state index < -0.39 is 6.10 Å². The summed E-state index contributed by atoms with van der Waals surface area (Å²) in [6, 6.07) is 0. The molecule has 0 rings (SSSR count). The summed E-state index contributed by atoms with van der Waals surface area (Å²) in [5, 5.41) is 0. The van der Waals surface area contributed by atoms with E-state index in [1.54, 1.807) is 0 Å². The fourth-order valence-electron chi connectivity index (χ4n) is 5.96. The molecule has 0 saturated carbocycles. The van der Waals surface area contributed by atoms with Crippen LogP contribution in [-0.4, -0.2) is 37.2 Å². The number of unbranched alkanes of at least 4 members (excludes halogenated alkanes) is 18. The minimum absolute atomic E-state index is 0.0954. The minimum atomic E-state index is -0.791. The van der Waals surface area contributed by atoms with Crippen molar-refractivity contribution in [3.63, 3.8) is 0 Å². The Hall–Kier alpha value is -2.89. The van der Waals surface area contributed by atoms with Crippen molar-refractivity contribution < 1.29 is 28.6 Å². The first-order chi connectivity index (χ1) is 26.5. The SMILES string of the molecule is CC/C=C\C/C=C\C/C=C\CCCCCCC(=O)OCC(COC(=O)CCCC/C=C\C/C=C\CC)OC(=O)CCCCCCCCCCCCCCC. The third kappa shape index (κ3) is 40.3. The highest BCUT2D eigenvalue weighted by molar-refractivity contribution is 5.71. The molecular weight excluding hydrogens is 673 g/mol. The van der Waals surface area contributed by atoms with Crippen LogP contribution in [0.4, 0.5) is 0 Å². The summed E-state index contributed by atoms with van der Waals surface area (Å²) in [4.78, 5) is 37.6. The van der Waals surface area contributed by atoms with Gasteiger partial charge in [-0.15, -0.1) is 0 Å². The van der Waals surface area contributed by atoms with E-state index in [9.17, 15) is 14.4 Å². The normalized spacial score (nSPS) is 12.6. The molecule has 0 aliphatic heterocycles. The van der Waals surface area contributed by atoms with Crippen LogP contribution < -0.4 is 0 Å². The van der Waals surface area contributed by atoms with Gasteiger partial charge in [-0.05, 0) is 77.0 Å². The molecule has 0 aromatic carbocycles. The summed E-state index contributed by atoms with van der Waals surface area (Å²) in [6.45, 7) is 6.33. The molecule has 0 aromatic heterocycles. The average molecular weight is 755 g/mol. The van der Waals surface area contributed by atoms with Crippen molar-refractivity contribution in [2.75, 3.05) is 13.2 Å². The van der Waals surface area contributed by atoms with Gasteiger partial charge in [0.2, 0.25) is 0 Å². The summed E-state index contributed by atoms with van der Waals surface area (Å²) in [6.07, 6.45) is 50.7. The first-order valence-corrected chi connectivity index (χ1v) is 22.3. The van der Waals surface area contributed by atoms with Crippen LogP contribution in [0.1, 0.15) is 207 Å². The molecule has 0 saturated heterocycles. The standard InChI is InChI=1S/C48H82O6/c1-4-7-10-13-16-19-21-23-25-26-29-32-35-38-41-47(50)53-44-45(43-52-46(49)40-37-34-31-28-18-15-12-9-6-3)54-48(51)42-39-36-33-30-27-24-22-20-17-14-11-8-5-2/h7,9-10,12,16,18-19,23,25,28,45H,4-6,8,11,13-15,17,20-22,24,26-27,29-44H2,1-3H3/b10-7-,12-9-,19-16-,25-23-,28-18-. The van der Waals surface area contributed by atoms with Gasteiger partial charge in [0.1, 0.15) is 13.2 Å². The van der Waals surface area contributed by atoms with Gasteiger partial charge in [-0.1, -0.05) is 171 Å². The largest absolute Gasteiger partial charge is 0.462 e. The van der Waals surface area contributed by atoms with Crippen molar-refractivity contribution in [1.29, 1.82) is 0 Å². The lowest BCUT2D eigenvalue weighted by molar-refractivity contribution is -0.167. The number of allylic oxidation sites excluding steroid dienone is 10. The third-order valence-electron chi connectivity index (χ3n) is 9.27. The molecule has 6 heteroatoms. The molecule has 0 aromatic rings. The second kappa shape index (κ2) is 42.8. The van der Waals surface area contributed by atoms with Crippen molar-refractivity contribution in [2.45, 2.75) is 213 Å². The van der Waals surface area contributed by atoms with Crippen molar-refractivity contribution >= 4 is 17.9 Å². The summed E-state index contributed by atoms with van der Waals surface area (Å²) in [5.74, 6) is -0.956. The molecule has 0 N–H and O–H groups in total. The molecule has 0 radical (unpaired) electrons. The first kappa shape index (κ1) is 51.1. The second-order valence-corrected chi connectivity index (χ2v) is 14.5. The van der Waals surface area contributed by atoms with Crippen LogP contribution in [0.2, 0.25) is 0 Å². The number of esters is 3. The van der Waals surface area contributed by atoms with Gasteiger partial charge in [0.15, 0.2) is 6.10 Å². The summed E-state index contributed by atoms with van der Waals surface area (Å²) < 4.78 is 16.6. The molecule has 0 aliphatic carbocycles. The van der Waals surface area contributed by atoms with Gasteiger partial charge in [-0.25, -0.2) is 0 Å². The van der Waals surface area contributed by atoms with Gasteiger partial charge in [0.25, 0.3) is 0 Å². The van der Waals surface area contributed by atoms with E-state index in [0.29, 0.717) is 19.3 Å². The first-order valence-electron chi connectivity index (χ1n) is 22.3. The number of hydrogen-bond donors (Lipinski definition) is 0. The van der Waals surface area contributed by atoms with Gasteiger partial charge in [0.05, 0.1) is 0 Å². The number of carbonyl (C=O) groups excluding carboxylic acids is 3. The van der Waals surface area contributed by atoms with Crippen molar-refractivity contribution in [1.82, 2.24) is 0 Å². The fourth-order valence-corrected chi connectivity index (χ4v) is 5.96. The lowest BCUT2D eigenvalue weighted by Crippen LogP contribution is -2.30. The van der Waals surface area contributed by atoms with E-state index >= 15 is 0 Å².